The molecule has 0 unspecified atom stereocenters. The molecular formula is C19H23N3O2. The van der Waals surface area contributed by atoms with Crippen molar-refractivity contribution in [1.82, 2.24) is 14.5 Å². The molecule has 5 heteroatoms. The van der Waals surface area contributed by atoms with Gasteiger partial charge in [0.05, 0.1) is 5.69 Å². The number of hydrogen-bond donors (Lipinski definition) is 0. The van der Waals surface area contributed by atoms with E-state index in [9.17, 15) is 0 Å². The maximum absolute atomic E-state index is 5.86. The van der Waals surface area contributed by atoms with Gasteiger partial charge in [0.2, 0.25) is 0 Å². The maximum Gasteiger partial charge on any atom is 0.165 e. The molecule has 0 bridgehead atoms. The molecule has 0 N–H and O–H groups in total. The van der Waals surface area contributed by atoms with Crippen LogP contribution in [0.3, 0.4) is 0 Å². The average Bonchev–Trinajstić information content (AvgIpc) is 3.40. The van der Waals surface area contributed by atoms with Gasteiger partial charge >= 0.3 is 0 Å². The van der Waals surface area contributed by atoms with Gasteiger partial charge < -0.3 is 14.0 Å². The number of imidazole rings is 1. The Bertz CT molecular complexity index is 779. The number of para-hydroxylation sites is 1. The van der Waals surface area contributed by atoms with E-state index in [1.165, 1.54) is 35.6 Å². The molecule has 126 valence electrons. The minimum Gasteiger partial charge on any atom is -0.486 e. The van der Waals surface area contributed by atoms with Crippen molar-refractivity contribution in [3.63, 3.8) is 0 Å². The van der Waals surface area contributed by atoms with Crippen LogP contribution in [0.1, 0.15) is 41.5 Å². The van der Waals surface area contributed by atoms with E-state index < -0.39 is 0 Å². The Hall–Kier alpha value is -2.01. The monoisotopic (exact) mass is 325 g/mol. The average molecular weight is 325 g/mol. The number of fused-ring (bicyclic) bond motifs is 2. The van der Waals surface area contributed by atoms with Gasteiger partial charge in [-0.3, -0.25) is 4.90 Å². The highest BCUT2D eigenvalue weighted by molar-refractivity contribution is 5.47. The Morgan fingerprint density at radius 1 is 1.21 bits per heavy atom. The van der Waals surface area contributed by atoms with Crippen molar-refractivity contribution < 1.29 is 9.47 Å². The predicted molar refractivity (Wildman–Crippen MR) is 90.4 cm³/mol. The van der Waals surface area contributed by atoms with Crippen LogP contribution < -0.4 is 9.47 Å². The van der Waals surface area contributed by atoms with Crippen molar-refractivity contribution >= 4 is 0 Å². The lowest BCUT2D eigenvalue weighted by Gasteiger charge is -2.28. The van der Waals surface area contributed by atoms with Gasteiger partial charge in [0, 0.05) is 50.3 Å². The SMILES string of the molecule is Cn1c(C2CC2)nc2c1CCN(Cc1cccc3c1OCCO3)C2. The van der Waals surface area contributed by atoms with E-state index >= 15 is 0 Å². The van der Waals surface area contributed by atoms with Crippen molar-refractivity contribution in [2.24, 2.45) is 7.05 Å². The third-order valence-electron chi connectivity index (χ3n) is 5.35. The van der Waals surface area contributed by atoms with Gasteiger partial charge in [0.1, 0.15) is 19.0 Å². The third kappa shape index (κ3) is 2.38. The molecule has 0 radical (unpaired) electrons. The molecule has 1 aromatic carbocycles. The van der Waals surface area contributed by atoms with Crippen molar-refractivity contribution in [1.29, 1.82) is 0 Å². The molecular weight excluding hydrogens is 302 g/mol. The molecule has 0 atom stereocenters. The fraction of sp³-hybridized carbons (Fsp3) is 0.526. The first-order valence-electron chi connectivity index (χ1n) is 8.94. The first kappa shape index (κ1) is 14.3. The quantitative estimate of drug-likeness (QED) is 0.870. The van der Waals surface area contributed by atoms with Crippen LogP contribution in [-0.2, 0) is 26.6 Å². The van der Waals surface area contributed by atoms with Crippen LogP contribution in [0.2, 0.25) is 0 Å². The van der Waals surface area contributed by atoms with Gasteiger partial charge in [0.25, 0.3) is 0 Å². The highest BCUT2D eigenvalue weighted by Crippen LogP contribution is 2.40. The number of hydrogen-bond acceptors (Lipinski definition) is 4. The predicted octanol–water partition coefficient (Wildman–Crippen LogP) is 2.63. The lowest BCUT2D eigenvalue weighted by Crippen LogP contribution is -2.31. The maximum atomic E-state index is 5.86. The first-order chi connectivity index (χ1) is 11.8. The summed E-state index contributed by atoms with van der Waals surface area (Å²) >= 11 is 0. The Morgan fingerprint density at radius 3 is 2.96 bits per heavy atom. The van der Waals surface area contributed by atoms with Gasteiger partial charge in [-0.2, -0.15) is 0 Å². The van der Waals surface area contributed by atoms with E-state index in [0.29, 0.717) is 19.1 Å². The van der Waals surface area contributed by atoms with E-state index in [0.717, 1.165) is 37.6 Å². The summed E-state index contributed by atoms with van der Waals surface area (Å²) in [6.07, 6.45) is 3.69. The molecule has 3 aliphatic rings. The third-order valence-corrected chi connectivity index (χ3v) is 5.35. The zero-order valence-electron chi connectivity index (χ0n) is 14.1. The molecule has 1 aromatic heterocycles. The van der Waals surface area contributed by atoms with E-state index in [4.69, 9.17) is 14.5 Å². The summed E-state index contributed by atoms with van der Waals surface area (Å²) < 4.78 is 13.9. The molecule has 0 amide bonds. The van der Waals surface area contributed by atoms with Crippen LogP contribution in [-0.4, -0.2) is 34.2 Å². The normalized spacial score (nSPS) is 20.0. The summed E-state index contributed by atoms with van der Waals surface area (Å²) in [7, 11) is 2.19. The number of benzene rings is 1. The summed E-state index contributed by atoms with van der Waals surface area (Å²) in [5, 5.41) is 0. The molecule has 5 nitrogen and oxygen atoms in total. The summed E-state index contributed by atoms with van der Waals surface area (Å²) in [4.78, 5) is 7.43. The van der Waals surface area contributed by atoms with Gasteiger partial charge in [-0.25, -0.2) is 4.98 Å². The van der Waals surface area contributed by atoms with Crippen LogP contribution in [0.15, 0.2) is 18.2 Å². The highest BCUT2D eigenvalue weighted by Gasteiger charge is 2.32. The second kappa shape index (κ2) is 5.52. The van der Waals surface area contributed by atoms with Gasteiger partial charge in [-0.05, 0) is 18.9 Å². The van der Waals surface area contributed by atoms with Gasteiger partial charge in [0.15, 0.2) is 11.5 Å². The summed E-state index contributed by atoms with van der Waals surface area (Å²) in [5.41, 5.74) is 3.92. The molecule has 1 fully saturated rings. The van der Waals surface area contributed by atoms with Crippen LogP contribution in [0.4, 0.5) is 0 Å². The van der Waals surface area contributed by atoms with Crippen LogP contribution in [0, 0.1) is 0 Å². The molecule has 0 spiro atoms. The van der Waals surface area contributed by atoms with E-state index in [-0.39, 0.29) is 0 Å². The van der Waals surface area contributed by atoms with E-state index in [2.05, 4.69) is 28.6 Å². The van der Waals surface area contributed by atoms with Gasteiger partial charge in [-0.15, -0.1) is 0 Å². The standard InChI is InChI=1S/C19H23N3O2/c1-21-16-7-8-22(12-15(16)20-19(21)13-5-6-13)11-14-3-2-4-17-18(14)24-10-9-23-17/h2-4,13H,5-12H2,1H3. The number of aromatic nitrogens is 2. The molecule has 3 heterocycles. The first-order valence-corrected chi connectivity index (χ1v) is 8.94. The number of rotatable bonds is 3. The van der Waals surface area contributed by atoms with Crippen molar-refractivity contribution in [2.75, 3.05) is 19.8 Å². The topological polar surface area (TPSA) is 39.5 Å². The lowest BCUT2D eigenvalue weighted by molar-refractivity contribution is 0.165. The van der Waals surface area contributed by atoms with E-state index in [1.807, 2.05) is 6.07 Å². The lowest BCUT2D eigenvalue weighted by atomic mass is 10.1. The molecule has 1 saturated carbocycles. The summed E-state index contributed by atoms with van der Waals surface area (Å²) in [6.45, 7) is 4.17. The second-order valence-electron chi connectivity index (χ2n) is 7.10. The smallest absolute Gasteiger partial charge is 0.165 e. The van der Waals surface area contributed by atoms with E-state index in [1.54, 1.807) is 0 Å². The molecule has 1 aliphatic carbocycles. The zero-order valence-corrected chi connectivity index (χ0v) is 14.1. The Labute approximate surface area is 142 Å². The molecule has 2 aliphatic heterocycles. The molecule has 0 saturated heterocycles. The second-order valence-corrected chi connectivity index (χ2v) is 7.10. The highest BCUT2D eigenvalue weighted by atomic mass is 16.6. The van der Waals surface area contributed by atoms with Crippen molar-refractivity contribution in [3.8, 4) is 11.5 Å². The Morgan fingerprint density at radius 2 is 2.08 bits per heavy atom. The minimum absolute atomic E-state index is 0.638. The fourth-order valence-corrected chi connectivity index (χ4v) is 3.94. The van der Waals surface area contributed by atoms with Crippen LogP contribution >= 0.6 is 0 Å². The van der Waals surface area contributed by atoms with Crippen LogP contribution in [0.25, 0.3) is 0 Å². The van der Waals surface area contributed by atoms with Crippen LogP contribution in [0.5, 0.6) is 11.5 Å². The zero-order chi connectivity index (χ0) is 16.1. The summed E-state index contributed by atoms with van der Waals surface area (Å²) in [5.74, 6) is 3.82. The molecule has 24 heavy (non-hydrogen) atoms. The number of nitrogens with zero attached hydrogens (tertiary/aromatic N) is 3. The Balaban J connectivity index is 1.37. The number of ether oxygens (including phenoxy) is 2. The Kier molecular flexibility index (Phi) is 3.30. The summed E-state index contributed by atoms with van der Waals surface area (Å²) in [6, 6.07) is 6.20. The van der Waals surface area contributed by atoms with Crippen molar-refractivity contribution in [2.45, 2.75) is 38.3 Å². The fourth-order valence-electron chi connectivity index (χ4n) is 3.94. The molecule has 5 rings (SSSR count). The van der Waals surface area contributed by atoms with Gasteiger partial charge in [-0.1, -0.05) is 12.1 Å². The van der Waals surface area contributed by atoms with Crippen molar-refractivity contribution in [3.05, 3.63) is 41.0 Å². The minimum atomic E-state index is 0.638. The molecule has 2 aromatic rings. The largest absolute Gasteiger partial charge is 0.486 e.